The molecule has 0 aromatic heterocycles. The third kappa shape index (κ3) is 2.84. The van der Waals surface area contributed by atoms with Crippen LogP contribution >= 0.6 is 0 Å². The average Bonchev–Trinajstić information content (AvgIpc) is 2.19. The Bertz CT molecular complexity index is 331. The second-order valence-corrected chi connectivity index (χ2v) is 2.16. The minimum Gasteiger partial charge on any atom is -0.456 e. The average molecular weight is 177 g/mol. The molecule has 0 aliphatic rings. The summed E-state index contributed by atoms with van der Waals surface area (Å²) in [6.45, 7) is -0.274. The summed E-state index contributed by atoms with van der Waals surface area (Å²) < 4.78 is 4.61. The Morgan fingerprint density at radius 2 is 2.15 bits per heavy atom. The number of carbonyl (C=O) groups excluding carboxylic acids is 1. The molecule has 0 unspecified atom stereocenters. The first kappa shape index (κ1) is 9.09. The van der Waals surface area contributed by atoms with Gasteiger partial charge in [0.1, 0.15) is 0 Å². The topological polar surface area (TPSA) is 75.1 Å². The van der Waals surface area contributed by atoms with Crippen molar-refractivity contribution >= 4 is 5.97 Å². The van der Waals surface area contributed by atoms with Gasteiger partial charge in [0.25, 0.3) is 0 Å². The molecule has 0 saturated carbocycles. The van der Waals surface area contributed by atoms with Crippen molar-refractivity contribution in [3.63, 3.8) is 0 Å². The van der Waals surface area contributed by atoms with Gasteiger partial charge in [0.15, 0.2) is 6.73 Å². The molecule has 0 atom stereocenters. The fourth-order valence-electron chi connectivity index (χ4n) is 0.771. The summed E-state index contributed by atoms with van der Waals surface area (Å²) in [7, 11) is 0. The van der Waals surface area contributed by atoms with Crippen molar-refractivity contribution in [3.05, 3.63) is 46.3 Å². The summed E-state index contributed by atoms with van der Waals surface area (Å²) in [4.78, 5) is 13.6. The van der Waals surface area contributed by atoms with E-state index in [4.69, 9.17) is 5.53 Å². The SMILES string of the molecule is [N-]=[N+]=NCOC(=O)c1ccccc1. The molecule has 0 fully saturated rings. The molecule has 0 heterocycles. The molecule has 1 rings (SSSR count). The monoisotopic (exact) mass is 177 g/mol. The summed E-state index contributed by atoms with van der Waals surface area (Å²) in [6, 6.07) is 8.50. The van der Waals surface area contributed by atoms with Crippen molar-refractivity contribution in [2.24, 2.45) is 5.11 Å². The molecule has 0 N–H and O–H groups in total. The van der Waals surface area contributed by atoms with Crippen molar-refractivity contribution in [2.45, 2.75) is 0 Å². The summed E-state index contributed by atoms with van der Waals surface area (Å²) in [5.41, 5.74) is 8.36. The van der Waals surface area contributed by atoms with Crippen LogP contribution in [-0.4, -0.2) is 12.7 Å². The molecule has 0 aliphatic heterocycles. The zero-order valence-electron chi connectivity index (χ0n) is 6.75. The zero-order chi connectivity index (χ0) is 9.52. The molecular formula is C8H7N3O2. The van der Waals surface area contributed by atoms with E-state index in [1.165, 1.54) is 0 Å². The van der Waals surface area contributed by atoms with Crippen LogP contribution in [0.2, 0.25) is 0 Å². The third-order valence-corrected chi connectivity index (χ3v) is 1.33. The quantitative estimate of drug-likeness (QED) is 0.307. The number of hydrogen-bond acceptors (Lipinski definition) is 3. The first-order valence-corrected chi connectivity index (χ1v) is 3.57. The van der Waals surface area contributed by atoms with Crippen molar-refractivity contribution < 1.29 is 9.53 Å². The van der Waals surface area contributed by atoms with Gasteiger partial charge in [-0.2, -0.15) is 0 Å². The Morgan fingerprint density at radius 3 is 2.77 bits per heavy atom. The molecule has 5 heteroatoms. The highest BCUT2D eigenvalue weighted by Crippen LogP contribution is 2.00. The molecule has 66 valence electrons. The lowest BCUT2D eigenvalue weighted by atomic mass is 10.2. The van der Waals surface area contributed by atoms with E-state index in [-0.39, 0.29) is 6.73 Å². The van der Waals surface area contributed by atoms with E-state index in [9.17, 15) is 4.79 Å². The lowest BCUT2D eigenvalue weighted by Gasteiger charge is -1.99. The molecule has 0 saturated heterocycles. The number of hydrogen-bond donors (Lipinski definition) is 0. The van der Waals surface area contributed by atoms with E-state index in [1.807, 2.05) is 0 Å². The fourth-order valence-corrected chi connectivity index (χ4v) is 0.771. The Hall–Kier alpha value is -2.00. The number of benzene rings is 1. The number of ether oxygens (including phenoxy) is 1. The molecule has 13 heavy (non-hydrogen) atoms. The van der Waals surface area contributed by atoms with Gasteiger partial charge in [-0.1, -0.05) is 23.3 Å². The molecule has 0 spiro atoms. The lowest BCUT2D eigenvalue weighted by Crippen LogP contribution is -2.04. The number of azide groups is 1. The third-order valence-electron chi connectivity index (χ3n) is 1.33. The number of carbonyl (C=O) groups is 1. The van der Waals surface area contributed by atoms with Gasteiger partial charge >= 0.3 is 5.97 Å². The summed E-state index contributed by atoms with van der Waals surface area (Å²) in [5, 5.41) is 3.07. The van der Waals surface area contributed by atoms with Crippen molar-refractivity contribution in [2.75, 3.05) is 6.73 Å². The second kappa shape index (κ2) is 4.79. The van der Waals surface area contributed by atoms with Crippen LogP contribution in [0.15, 0.2) is 35.4 Å². The highest BCUT2D eigenvalue weighted by atomic mass is 16.5. The molecule has 0 amide bonds. The van der Waals surface area contributed by atoms with E-state index in [1.54, 1.807) is 30.3 Å². The summed E-state index contributed by atoms with van der Waals surface area (Å²) >= 11 is 0. The Labute approximate surface area is 74.6 Å². The first-order valence-electron chi connectivity index (χ1n) is 3.57. The van der Waals surface area contributed by atoms with Gasteiger partial charge in [0.2, 0.25) is 0 Å². The first-order chi connectivity index (χ1) is 6.34. The van der Waals surface area contributed by atoms with Gasteiger partial charge in [0, 0.05) is 4.91 Å². The van der Waals surface area contributed by atoms with Gasteiger partial charge in [-0.05, 0) is 17.7 Å². The van der Waals surface area contributed by atoms with Crippen LogP contribution in [0.5, 0.6) is 0 Å². The van der Waals surface area contributed by atoms with Crippen molar-refractivity contribution in [3.8, 4) is 0 Å². The highest BCUT2D eigenvalue weighted by molar-refractivity contribution is 5.89. The van der Waals surface area contributed by atoms with Crippen LogP contribution in [0.25, 0.3) is 10.4 Å². The fraction of sp³-hybridized carbons (Fsp3) is 0.125. The molecule has 5 nitrogen and oxygen atoms in total. The Morgan fingerprint density at radius 1 is 1.46 bits per heavy atom. The number of esters is 1. The van der Waals surface area contributed by atoms with E-state index < -0.39 is 5.97 Å². The maximum absolute atomic E-state index is 11.1. The predicted molar refractivity (Wildman–Crippen MR) is 45.9 cm³/mol. The van der Waals surface area contributed by atoms with Gasteiger partial charge in [-0.3, -0.25) is 0 Å². The normalized spacial score (nSPS) is 8.62. The molecule has 0 aliphatic carbocycles. The number of nitrogens with zero attached hydrogens (tertiary/aromatic N) is 3. The van der Waals surface area contributed by atoms with Gasteiger partial charge in [0.05, 0.1) is 5.56 Å². The Kier molecular flexibility index (Phi) is 3.35. The minimum atomic E-state index is -0.493. The Balaban J connectivity index is 2.54. The maximum Gasteiger partial charge on any atom is 0.338 e. The second-order valence-electron chi connectivity index (χ2n) is 2.16. The van der Waals surface area contributed by atoms with E-state index in [0.29, 0.717) is 5.56 Å². The predicted octanol–water partition coefficient (Wildman–Crippen LogP) is 2.11. The van der Waals surface area contributed by atoms with Crippen LogP contribution in [0.3, 0.4) is 0 Å². The van der Waals surface area contributed by atoms with Gasteiger partial charge in [-0.25, -0.2) is 4.79 Å². The van der Waals surface area contributed by atoms with Crippen LogP contribution < -0.4 is 0 Å². The minimum absolute atomic E-state index is 0.274. The lowest BCUT2D eigenvalue weighted by molar-refractivity contribution is 0.0515. The summed E-state index contributed by atoms with van der Waals surface area (Å²) in [6.07, 6.45) is 0. The van der Waals surface area contributed by atoms with E-state index in [2.05, 4.69) is 14.8 Å². The van der Waals surface area contributed by atoms with Crippen molar-refractivity contribution in [1.29, 1.82) is 0 Å². The standard InChI is InChI=1S/C8H7N3O2/c9-11-10-6-13-8(12)7-4-2-1-3-5-7/h1-5H,6H2. The molecule has 0 bridgehead atoms. The van der Waals surface area contributed by atoms with E-state index in [0.717, 1.165) is 0 Å². The number of rotatable bonds is 3. The van der Waals surface area contributed by atoms with E-state index >= 15 is 0 Å². The van der Waals surface area contributed by atoms with Gasteiger partial charge < -0.3 is 4.74 Å². The highest BCUT2D eigenvalue weighted by Gasteiger charge is 2.03. The largest absolute Gasteiger partial charge is 0.456 e. The molecular weight excluding hydrogens is 170 g/mol. The molecule has 1 aromatic carbocycles. The molecule has 0 radical (unpaired) electrons. The smallest absolute Gasteiger partial charge is 0.338 e. The van der Waals surface area contributed by atoms with Crippen molar-refractivity contribution in [1.82, 2.24) is 0 Å². The van der Waals surface area contributed by atoms with Crippen LogP contribution in [-0.2, 0) is 4.74 Å². The van der Waals surface area contributed by atoms with Crippen LogP contribution in [0, 0.1) is 0 Å². The zero-order valence-corrected chi connectivity index (χ0v) is 6.75. The van der Waals surface area contributed by atoms with Crippen LogP contribution in [0.4, 0.5) is 0 Å². The maximum atomic E-state index is 11.1. The van der Waals surface area contributed by atoms with Crippen LogP contribution in [0.1, 0.15) is 10.4 Å². The summed E-state index contributed by atoms with van der Waals surface area (Å²) in [5.74, 6) is -0.493. The molecule has 1 aromatic rings. The van der Waals surface area contributed by atoms with Gasteiger partial charge in [-0.15, -0.1) is 0 Å².